The van der Waals surface area contributed by atoms with Gasteiger partial charge in [-0.3, -0.25) is 4.79 Å². The van der Waals surface area contributed by atoms with Crippen LogP contribution in [0, 0.1) is 5.92 Å². The molecule has 8 nitrogen and oxygen atoms in total. The van der Waals surface area contributed by atoms with Crippen molar-refractivity contribution in [3.8, 4) is 0 Å². The highest BCUT2D eigenvalue weighted by molar-refractivity contribution is 5.83. The quantitative estimate of drug-likeness (QED) is 0.0659. The van der Waals surface area contributed by atoms with E-state index in [-0.39, 0.29) is 42.4 Å². The molecule has 0 spiro atoms. The van der Waals surface area contributed by atoms with Gasteiger partial charge in [-0.25, -0.2) is 0 Å². The molecular formula is C35H64O8. The normalized spacial score (nSPS) is 25.0. The molecular weight excluding hydrogens is 548 g/mol. The Morgan fingerprint density at radius 3 is 1.79 bits per heavy atom. The number of hydrogen-bond donors (Lipinski definition) is 4. The molecule has 8 atom stereocenters. The molecule has 0 saturated carbocycles. The third-order valence-electron chi connectivity index (χ3n) is 9.46. The van der Waals surface area contributed by atoms with E-state index in [1.807, 2.05) is 0 Å². The summed E-state index contributed by atoms with van der Waals surface area (Å²) in [6.45, 7) is 3.74. The van der Waals surface area contributed by atoms with Crippen molar-refractivity contribution in [3.63, 3.8) is 0 Å². The molecule has 2 aliphatic heterocycles. The second kappa shape index (κ2) is 22.4. The number of unbranched alkanes of at least 4 members (excludes halogenated alkanes) is 11. The average molecular weight is 613 g/mol. The SMILES string of the molecule is CCCCCCCCCCCC[C@@H](O)[C@H]1CC[C@H]([C@H](O)CCC[C@H](O)[C@H](O)CCCCC[C@@H]2C[C@H](CC(C)=O)C(=O)O2)O1. The van der Waals surface area contributed by atoms with Gasteiger partial charge in [-0.1, -0.05) is 84.0 Å². The number of carbonyl (C=O) groups excluding carboxylic acids is 2. The summed E-state index contributed by atoms with van der Waals surface area (Å²) >= 11 is 0. The van der Waals surface area contributed by atoms with Gasteiger partial charge in [0.15, 0.2) is 0 Å². The lowest BCUT2D eigenvalue weighted by atomic mass is 9.96. The summed E-state index contributed by atoms with van der Waals surface area (Å²) in [5.74, 6) is -0.555. The smallest absolute Gasteiger partial charge is 0.309 e. The molecule has 0 aromatic rings. The molecule has 2 heterocycles. The van der Waals surface area contributed by atoms with Crippen LogP contribution in [0.3, 0.4) is 0 Å². The number of cyclic esters (lactones) is 1. The summed E-state index contributed by atoms with van der Waals surface area (Å²) in [5, 5.41) is 42.0. The fourth-order valence-electron chi connectivity index (χ4n) is 6.70. The van der Waals surface area contributed by atoms with Crippen molar-refractivity contribution in [2.45, 2.75) is 204 Å². The number of rotatable bonds is 26. The molecule has 2 aliphatic rings. The lowest BCUT2D eigenvalue weighted by Crippen LogP contribution is -2.31. The molecule has 0 aliphatic carbocycles. The van der Waals surface area contributed by atoms with Gasteiger partial charge < -0.3 is 34.7 Å². The van der Waals surface area contributed by atoms with E-state index in [0.717, 1.165) is 57.8 Å². The van der Waals surface area contributed by atoms with Crippen LogP contribution in [0.25, 0.3) is 0 Å². The minimum absolute atomic E-state index is 0.00928. The summed E-state index contributed by atoms with van der Waals surface area (Å²) in [7, 11) is 0. The summed E-state index contributed by atoms with van der Waals surface area (Å²) in [5.41, 5.74) is 0. The maximum absolute atomic E-state index is 11.8. The lowest BCUT2D eigenvalue weighted by molar-refractivity contribution is -0.145. The monoisotopic (exact) mass is 612 g/mol. The summed E-state index contributed by atoms with van der Waals surface area (Å²) in [4.78, 5) is 23.1. The van der Waals surface area contributed by atoms with Crippen LogP contribution in [0.2, 0.25) is 0 Å². The highest BCUT2D eigenvalue weighted by atomic mass is 16.6. The third-order valence-corrected chi connectivity index (χ3v) is 9.46. The molecule has 252 valence electrons. The van der Waals surface area contributed by atoms with E-state index in [9.17, 15) is 30.0 Å². The van der Waals surface area contributed by atoms with Crippen molar-refractivity contribution in [3.05, 3.63) is 0 Å². The molecule has 4 N–H and O–H groups in total. The number of aliphatic hydroxyl groups excluding tert-OH is 4. The molecule has 8 heteroatoms. The predicted octanol–water partition coefficient (Wildman–Crippen LogP) is 6.32. The number of hydrogen-bond acceptors (Lipinski definition) is 8. The van der Waals surface area contributed by atoms with Crippen molar-refractivity contribution in [2.24, 2.45) is 5.92 Å². The maximum Gasteiger partial charge on any atom is 0.309 e. The summed E-state index contributed by atoms with van der Waals surface area (Å²) in [6.07, 6.45) is 17.8. The van der Waals surface area contributed by atoms with Crippen LogP contribution in [0.4, 0.5) is 0 Å². The van der Waals surface area contributed by atoms with Crippen molar-refractivity contribution >= 4 is 11.8 Å². The Morgan fingerprint density at radius 2 is 1.21 bits per heavy atom. The van der Waals surface area contributed by atoms with Gasteiger partial charge >= 0.3 is 5.97 Å². The number of ether oxygens (including phenoxy) is 2. The van der Waals surface area contributed by atoms with Crippen molar-refractivity contribution in [1.82, 2.24) is 0 Å². The molecule has 0 unspecified atom stereocenters. The molecule has 0 radical (unpaired) electrons. The van der Waals surface area contributed by atoms with Gasteiger partial charge in [0.2, 0.25) is 0 Å². The van der Waals surface area contributed by atoms with Crippen molar-refractivity contribution < 1.29 is 39.5 Å². The Labute approximate surface area is 261 Å². The van der Waals surface area contributed by atoms with E-state index in [4.69, 9.17) is 9.47 Å². The zero-order chi connectivity index (χ0) is 31.5. The Morgan fingerprint density at radius 1 is 0.721 bits per heavy atom. The van der Waals surface area contributed by atoms with Crippen molar-refractivity contribution in [2.75, 3.05) is 0 Å². The molecule has 2 rings (SSSR count). The average Bonchev–Trinajstić information content (AvgIpc) is 3.60. The van der Waals surface area contributed by atoms with Crippen LogP contribution in [-0.4, -0.2) is 74.9 Å². The fraction of sp³-hybridized carbons (Fsp3) is 0.943. The molecule has 0 bridgehead atoms. The minimum atomic E-state index is -0.824. The van der Waals surface area contributed by atoms with Gasteiger partial charge in [-0.15, -0.1) is 0 Å². The standard InChI is InChI=1S/C35H64O8/c1-3-4-5-6-7-8-9-10-11-14-19-31(39)33-22-23-34(43-33)32(40)21-16-20-30(38)29(37)18-15-12-13-17-28-25-27(24-26(2)36)35(41)42-28/h27-34,37-40H,3-25H2,1-2H3/t27-,28+,29+,30-,31+,32+,33+,34+/m0/s1. The first-order chi connectivity index (χ1) is 20.7. The van der Waals surface area contributed by atoms with Crippen LogP contribution in [0.15, 0.2) is 0 Å². The predicted molar refractivity (Wildman–Crippen MR) is 169 cm³/mol. The van der Waals surface area contributed by atoms with E-state index in [1.54, 1.807) is 0 Å². The molecule has 0 aromatic heterocycles. The van der Waals surface area contributed by atoms with Gasteiger partial charge in [0.05, 0.1) is 42.5 Å². The van der Waals surface area contributed by atoms with E-state index in [0.29, 0.717) is 32.1 Å². The number of Topliss-reactive ketones (excluding diaryl/α,β-unsaturated/α-hetero) is 1. The van der Waals surface area contributed by atoms with E-state index in [2.05, 4.69) is 6.92 Å². The number of esters is 1. The first kappa shape index (κ1) is 38.1. The van der Waals surface area contributed by atoms with Crippen LogP contribution < -0.4 is 0 Å². The third kappa shape index (κ3) is 16.2. The van der Waals surface area contributed by atoms with Crippen LogP contribution in [-0.2, 0) is 19.1 Å². The van der Waals surface area contributed by atoms with Gasteiger partial charge in [0.1, 0.15) is 11.9 Å². The van der Waals surface area contributed by atoms with E-state index in [1.165, 1.54) is 58.3 Å². The van der Waals surface area contributed by atoms with E-state index < -0.39 is 24.4 Å². The van der Waals surface area contributed by atoms with E-state index >= 15 is 0 Å². The highest BCUT2D eigenvalue weighted by Crippen LogP contribution is 2.29. The zero-order valence-corrected chi connectivity index (χ0v) is 27.3. The van der Waals surface area contributed by atoms with Crippen LogP contribution in [0.5, 0.6) is 0 Å². The number of aliphatic hydroxyl groups is 4. The summed E-state index contributed by atoms with van der Waals surface area (Å²) in [6, 6.07) is 0. The number of carbonyl (C=O) groups is 2. The second-order valence-corrected chi connectivity index (χ2v) is 13.5. The molecule has 2 saturated heterocycles. The maximum atomic E-state index is 11.8. The molecule has 43 heavy (non-hydrogen) atoms. The Balaban J connectivity index is 1.46. The highest BCUT2D eigenvalue weighted by Gasteiger charge is 2.35. The summed E-state index contributed by atoms with van der Waals surface area (Å²) < 4.78 is 11.4. The van der Waals surface area contributed by atoms with Gasteiger partial charge in [-0.2, -0.15) is 0 Å². The Hall–Kier alpha value is -1.06. The fourth-order valence-corrected chi connectivity index (χ4v) is 6.70. The molecule has 0 amide bonds. The molecule has 0 aromatic carbocycles. The largest absolute Gasteiger partial charge is 0.462 e. The van der Waals surface area contributed by atoms with Gasteiger partial charge in [-0.05, 0) is 71.1 Å². The first-order valence-corrected chi connectivity index (χ1v) is 17.8. The zero-order valence-electron chi connectivity index (χ0n) is 27.3. The lowest BCUT2D eigenvalue weighted by Gasteiger charge is -2.23. The van der Waals surface area contributed by atoms with Crippen LogP contribution in [0.1, 0.15) is 162 Å². The Bertz CT molecular complexity index is 745. The topological polar surface area (TPSA) is 134 Å². The van der Waals surface area contributed by atoms with Crippen molar-refractivity contribution in [1.29, 1.82) is 0 Å². The molecule has 2 fully saturated rings. The van der Waals surface area contributed by atoms with Gasteiger partial charge in [0, 0.05) is 6.42 Å². The van der Waals surface area contributed by atoms with Crippen LogP contribution >= 0.6 is 0 Å². The minimum Gasteiger partial charge on any atom is -0.462 e. The Kier molecular flexibility index (Phi) is 19.9. The second-order valence-electron chi connectivity index (χ2n) is 13.5. The van der Waals surface area contributed by atoms with Gasteiger partial charge in [0.25, 0.3) is 0 Å². The first-order valence-electron chi connectivity index (χ1n) is 17.8. The number of ketones is 1.